The second-order valence-electron chi connectivity index (χ2n) is 4.96. The number of aromatic carboxylic acids is 1. The molecule has 3 nitrogen and oxygen atoms in total. The number of carboxylic acid groups (broad SMARTS) is 1. The van der Waals surface area contributed by atoms with Crippen molar-refractivity contribution in [1.82, 2.24) is 4.90 Å². The van der Waals surface area contributed by atoms with E-state index in [0.29, 0.717) is 16.1 Å². The molecule has 0 aromatic heterocycles. The Hall–Kier alpha value is -1.00. The van der Waals surface area contributed by atoms with Crippen LogP contribution < -0.4 is 0 Å². The van der Waals surface area contributed by atoms with E-state index in [-0.39, 0.29) is 0 Å². The van der Waals surface area contributed by atoms with Gasteiger partial charge in [-0.05, 0) is 17.7 Å². The van der Waals surface area contributed by atoms with Crippen molar-refractivity contribution >= 4 is 17.7 Å². The van der Waals surface area contributed by atoms with Crippen LogP contribution >= 0.6 is 11.8 Å². The highest BCUT2D eigenvalue weighted by atomic mass is 32.2. The predicted molar refractivity (Wildman–Crippen MR) is 75.2 cm³/mol. The standard InChI is InChI=1S/C14H19NO2S/c1-10-7-15(8-11(2)18-10)9-12-4-3-5-13(6-12)14(16)17/h3-6,10-11H,7-9H2,1-2H3,(H,16,17). The first-order chi connectivity index (χ1) is 8.54. The third-order valence-corrected chi connectivity index (χ3v) is 4.30. The van der Waals surface area contributed by atoms with E-state index in [1.54, 1.807) is 12.1 Å². The summed E-state index contributed by atoms with van der Waals surface area (Å²) in [5, 5.41) is 10.3. The molecule has 2 rings (SSSR count). The number of carboxylic acids is 1. The molecular formula is C14H19NO2S. The second-order valence-corrected chi connectivity index (χ2v) is 6.84. The highest BCUT2D eigenvalue weighted by Crippen LogP contribution is 2.25. The number of hydrogen-bond donors (Lipinski definition) is 1. The number of nitrogens with zero attached hydrogens (tertiary/aromatic N) is 1. The first-order valence-corrected chi connectivity index (χ1v) is 7.19. The van der Waals surface area contributed by atoms with Gasteiger partial charge in [-0.2, -0.15) is 11.8 Å². The SMILES string of the molecule is CC1CN(Cc2cccc(C(=O)O)c2)CC(C)S1. The smallest absolute Gasteiger partial charge is 0.335 e. The molecule has 0 saturated carbocycles. The number of rotatable bonds is 3. The molecule has 1 saturated heterocycles. The van der Waals surface area contributed by atoms with Crippen LogP contribution in [0.15, 0.2) is 24.3 Å². The van der Waals surface area contributed by atoms with Crippen LogP contribution in [0.5, 0.6) is 0 Å². The topological polar surface area (TPSA) is 40.5 Å². The van der Waals surface area contributed by atoms with Crippen molar-refractivity contribution in [3.8, 4) is 0 Å². The number of thioether (sulfide) groups is 1. The molecule has 0 amide bonds. The molecule has 0 aliphatic carbocycles. The molecule has 0 radical (unpaired) electrons. The zero-order chi connectivity index (χ0) is 13.1. The summed E-state index contributed by atoms with van der Waals surface area (Å²) in [6.07, 6.45) is 0. The molecule has 0 bridgehead atoms. The van der Waals surface area contributed by atoms with Crippen LogP contribution in [-0.2, 0) is 6.54 Å². The zero-order valence-corrected chi connectivity index (χ0v) is 11.6. The van der Waals surface area contributed by atoms with Gasteiger partial charge in [-0.3, -0.25) is 4.90 Å². The van der Waals surface area contributed by atoms with Crippen LogP contribution in [0.4, 0.5) is 0 Å². The zero-order valence-electron chi connectivity index (χ0n) is 10.8. The van der Waals surface area contributed by atoms with E-state index in [4.69, 9.17) is 5.11 Å². The summed E-state index contributed by atoms with van der Waals surface area (Å²) in [6, 6.07) is 7.25. The van der Waals surface area contributed by atoms with Crippen LogP contribution in [0, 0.1) is 0 Å². The largest absolute Gasteiger partial charge is 0.478 e. The Balaban J connectivity index is 2.04. The highest BCUT2D eigenvalue weighted by molar-refractivity contribution is 8.00. The summed E-state index contributed by atoms with van der Waals surface area (Å²) in [7, 11) is 0. The molecule has 1 aliphatic rings. The van der Waals surface area contributed by atoms with Crippen molar-refractivity contribution in [1.29, 1.82) is 0 Å². The Morgan fingerprint density at radius 1 is 1.39 bits per heavy atom. The molecule has 98 valence electrons. The molecule has 2 atom stereocenters. The van der Waals surface area contributed by atoms with Crippen molar-refractivity contribution in [3.05, 3.63) is 35.4 Å². The lowest BCUT2D eigenvalue weighted by molar-refractivity contribution is 0.0696. The van der Waals surface area contributed by atoms with E-state index < -0.39 is 5.97 Å². The predicted octanol–water partition coefficient (Wildman–Crippen LogP) is 2.71. The van der Waals surface area contributed by atoms with Crippen LogP contribution in [0.2, 0.25) is 0 Å². The summed E-state index contributed by atoms with van der Waals surface area (Å²) < 4.78 is 0. The minimum Gasteiger partial charge on any atom is -0.478 e. The summed E-state index contributed by atoms with van der Waals surface area (Å²) in [5.74, 6) is -0.854. The van der Waals surface area contributed by atoms with Crippen LogP contribution in [0.25, 0.3) is 0 Å². The van der Waals surface area contributed by atoms with Gasteiger partial charge < -0.3 is 5.11 Å². The molecule has 1 fully saturated rings. The van der Waals surface area contributed by atoms with Crippen molar-refractivity contribution in [2.75, 3.05) is 13.1 Å². The van der Waals surface area contributed by atoms with E-state index in [1.807, 2.05) is 23.9 Å². The van der Waals surface area contributed by atoms with E-state index >= 15 is 0 Å². The average molecular weight is 265 g/mol. The third-order valence-electron chi connectivity index (χ3n) is 3.08. The lowest BCUT2D eigenvalue weighted by Crippen LogP contribution is -2.39. The molecule has 4 heteroatoms. The molecule has 1 aromatic carbocycles. The Labute approximate surface area is 112 Å². The van der Waals surface area contributed by atoms with Crippen LogP contribution in [0.1, 0.15) is 29.8 Å². The third kappa shape index (κ3) is 3.50. The van der Waals surface area contributed by atoms with Gasteiger partial charge >= 0.3 is 5.97 Å². The lowest BCUT2D eigenvalue weighted by atomic mass is 10.1. The number of hydrogen-bond acceptors (Lipinski definition) is 3. The molecule has 1 aliphatic heterocycles. The van der Waals surface area contributed by atoms with Crippen molar-refractivity contribution in [2.45, 2.75) is 30.9 Å². The van der Waals surface area contributed by atoms with Gasteiger partial charge in [-0.25, -0.2) is 4.79 Å². The van der Waals surface area contributed by atoms with Crippen molar-refractivity contribution < 1.29 is 9.90 Å². The minimum atomic E-state index is -0.854. The van der Waals surface area contributed by atoms with Crippen molar-refractivity contribution in [2.24, 2.45) is 0 Å². The minimum absolute atomic E-state index is 0.375. The number of benzene rings is 1. The first-order valence-electron chi connectivity index (χ1n) is 6.24. The maximum Gasteiger partial charge on any atom is 0.335 e. The fourth-order valence-electron chi connectivity index (χ4n) is 2.47. The molecule has 1 N–H and O–H groups in total. The van der Waals surface area contributed by atoms with Gasteiger partial charge in [0.05, 0.1) is 5.56 Å². The first kappa shape index (κ1) is 13.4. The van der Waals surface area contributed by atoms with E-state index in [0.717, 1.165) is 25.2 Å². The van der Waals surface area contributed by atoms with Gasteiger partial charge in [0, 0.05) is 30.1 Å². The van der Waals surface area contributed by atoms with E-state index in [9.17, 15) is 4.79 Å². The molecule has 0 spiro atoms. The molecule has 1 aromatic rings. The number of carbonyl (C=O) groups is 1. The monoisotopic (exact) mass is 265 g/mol. The Morgan fingerprint density at radius 3 is 2.67 bits per heavy atom. The van der Waals surface area contributed by atoms with Gasteiger partial charge in [-0.1, -0.05) is 26.0 Å². The van der Waals surface area contributed by atoms with Crippen molar-refractivity contribution in [3.63, 3.8) is 0 Å². The second kappa shape index (κ2) is 5.76. The van der Waals surface area contributed by atoms with Crippen LogP contribution in [-0.4, -0.2) is 39.6 Å². The van der Waals surface area contributed by atoms with Crippen LogP contribution in [0.3, 0.4) is 0 Å². The molecule has 1 heterocycles. The van der Waals surface area contributed by atoms with Gasteiger partial charge in [0.15, 0.2) is 0 Å². The van der Waals surface area contributed by atoms with E-state index in [1.165, 1.54) is 0 Å². The maximum atomic E-state index is 10.9. The molecule has 2 unspecified atom stereocenters. The fraction of sp³-hybridized carbons (Fsp3) is 0.500. The Kier molecular flexibility index (Phi) is 4.30. The van der Waals surface area contributed by atoms with Gasteiger partial charge in [0.25, 0.3) is 0 Å². The normalized spacial score (nSPS) is 25.0. The molecular weight excluding hydrogens is 246 g/mol. The van der Waals surface area contributed by atoms with Gasteiger partial charge in [0.1, 0.15) is 0 Å². The Bertz CT molecular complexity index is 426. The molecule has 18 heavy (non-hydrogen) atoms. The Morgan fingerprint density at radius 2 is 2.06 bits per heavy atom. The quantitative estimate of drug-likeness (QED) is 0.912. The summed E-state index contributed by atoms with van der Waals surface area (Å²) in [4.78, 5) is 13.3. The maximum absolute atomic E-state index is 10.9. The average Bonchev–Trinajstić information content (AvgIpc) is 2.27. The summed E-state index contributed by atoms with van der Waals surface area (Å²) in [5.41, 5.74) is 1.46. The fourth-order valence-corrected chi connectivity index (χ4v) is 3.86. The summed E-state index contributed by atoms with van der Waals surface area (Å²) >= 11 is 2.03. The van der Waals surface area contributed by atoms with Gasteiger partial charge in [0.2, 0.25) is 0 Å². The summed E-state index contributed by atoms with van der Waals surface area (Å²) in [6.45, 7) is 7.50. The van der Waals surface area contributed by atoms with Gasteiger partial charge in [-0.15, -0.1) is 0 Å². The highest BCUT2D eigenvalue weighted by Gasteiger charge is 2.22. The van der Waals surface area contributed by atoms with E-state index in [2.05, 4.69) is 18.7 Å². The lowest BCUT2D eigenvalue weighted by Gasteiger charge is -2.34.